The van der Waals surface area contributed by atoms with Crippen LogP contribution in [0.3, 0.4) is 0 Å². The molecule has 144 valence electrons. The van der Waals surface area contributed by atoms with Gasteiger partial charge in [-0.1, -0.05) is 18.2 Å². The minimum Gasteiger partial charge on any atom is -0.493 e. The van der Waals surface area contributed by atoms with Crippen LogP contribution in [0, 0.1) is 0 Å². The topological polar surface area (TPSA) is 76.2 Å². The van der Waals surface area contributed by atoms with Crippen LogP contribution in [0.4, 0.5) is 0 Å². The van der Waals surface area contributed by atoms with Crippen molar-refractivity contribution in [3.05, 3.63) is 54.1 Å². The van der Waals surface area contributed by atoms with Gasteiger partial charge < -0.3 is 14.4 Å². The van der Waals surface area contributed by atoms with E-state index >= 15 is 0 Å². The third-order valence-corrected chi connectivity index (χ3v) is 6.43. The number of piperazine rings is 1. The van der Waals surface area contributed by atoms with Crippen LogP contribution in [0.25, 0.3) is 0 Å². The van der Waals surface area contributed by atoms with E-state index in [0.717, 1.165) is 0 Å². The number of carbonyl (C=O) groups is 1. The van der Waals surface area contributed by atoms with Gasteiger partial charge in [0.2, 0.25) is 10.0 Å². The molecule has 27 heavy (non-hydrogen) atoms. The Bertz CT molecular complexity index is 907. The molecule has 0 aliphatic carbocycles. The number of hydrogen-bond acceptors (Lipinski definition) is 5. The monoisotopic (exact) mass is 390 g/mol. The summed E-state index contributed by atoms with van der Waals surface area (Å²) < 4.78 is 37.6. The molecule has 1 aliphatic rings. The van der Waals surface area contributed by atoms with Gasteiger partial charge in [0.05, 0.1) is 19.1 Å². The van der Waals surface area contributed by atoms with Gasteiger partial charge in [-0.15, -0.1) is 0 Å². The van der Waals surface area contributed by atoms with Crippen LogP contribution in [-0.2, 0) is 10.0 Å². The van der Waals surface area contributed by atoms with Crippen LogP contribution in [0.1, 0.15) is 10.4 Å². The standard InChI is InChI=1S/C19H22N2O5S/c1-25-17-9-8-16(14-18(17)26-2)27(23,24)21-12-10-20(11-13-21)19(22)15-6-4-3-5-7-15/h3-9,14H,10-13H2,1-2H3. The lowest BCUT2D eigenvalue weighted by molar-refractivity contribution is 0.0698. The van der Waals surface area contributed by atoms with Crippen molar-refractivity contribution in [1.82, 2.24) is 9.21 Å². The molecule has 2 aromatic carbocycles. The molecule has 0 radical (unpaired) electrons. The van der Waals surface area contributed by atoms with E-state index in [0.29, 0.717) is 30.2 Å². The highest BCUT2D eigenvalue weighted by Gasteiger charge is 2.31. The van der Waals surface area contributed by atoms with E-state index in [9.17, 15) is 13.2 Å². The minimum absolute atomic E-state index is 0.0845. The number of hydrogen-bond donors (Lipinski definition) is 0. The van der Waals surface area contributed by atoms with Crippen molar-refractivity contribution in [2.75, 3.05) is 40.4 Å². The largest absolute Gasteiger partial charge is 0.493 e. The van der Waals surface area contributed by atoms with Crippen molar-refractivity contribution in [2.45, 2.75) is 4.90 Å². The fourth-order valence-electron chi connectivity index (χ4n) is 3.02. The summed E-state index contributed by atoms with van der Waals surface area (Å²) in [5, 5.41) is 0. The Morgan fingerprint density at radius 3 is 2.11 bits per heavy atom. The summed E-state index contributed by atoms with van der Waals surface area (Å²) in [4.78, 5) is 14.3. The van der Waals surface area contributed by atoms with Crippen LogP contribution < -0.4 is 9.47 Å². The van der Waals surface area contributed by atoms with Crippen molar-refractivity contribution in [2.24, 2.45) is 0 Å². The normalized spacial score (nSPS) is 15.4. The van der Waals surface area contributed by atoms with E-state index in [2.05, 4.69) is 0 Å². The second-order valence-corrected chi connectivity index (χ2v) is 8.02. The first kappa shape index (κ1) is 19.2. The summed E-state index contributed by atoms with van der Waals surface area (Å²) >= 11 is 0. The molecule has 1 aliphatic heterocycles. The zero-order valence-corrected chi connectivity index (χ0v) is 16.1. The molecule has 1 fully saturated rings. The molecule has 1 amide bonds. The first-order valence-corrected chi connectivity index (χ1v) is 9.98. The first-order valence-electron chi connectivity index (χ1n) is 8.54. The van der Waals surface area contributed by atoms with Crippen LogP contribution in [0.5, 0.6) is 11.5 Å². The average Bonchev–Trinajstić information content (AvgIpc) is 2.73. The Balaban J connectivity index is 1.72. The lowest BCUT2D eigenvalue weighted by Gasteiger charge is -2.34. The summed E-state index contributed by atoms with van der Waals surface area (Å²) in [7, 11) is -0.718. The summed E-state index contributed by atoms with van der Waals surface area (Å²) in [6.45, 7) is 1.19. The van der Waals surface area contributed by atoms with Crippen LogP contribution in [0.2, 0.25) is 0 Å². The van der Waals surface area contributed by atoms with Crippen molar-refractivity contribution in [3.8, 4) is 11.5 Å². The lowest BCUT2D eigenvalue weighted by atomic mass is 10.2. The molecule has 0 aromatic heterocycles. The van der Waals surface area contributed by atoms with Gasteiger partial charge in [0.15, 0.2) is 11.5 Å². The average molecular weight is 390 g/mol. The predicted molar refractivity (Wildman–Crippen MR) is 101 cm³/mol. The third-order valence-electron chi connectivity index (χ3n) is 4.54. The maximum atomic E-state index is 12.9. The van der Waals surface area contributed by atoms with Gasteiger partial charge in [-0.2, -0.15) is 4.31 Å². The van der Waals surface area contributed by atoms with Crippen LogP contribution in [-0.4, -0.2) is 63.9 Å². The lowest BCUT2D eigenvalue weighted by Crippen LogP contribution is -2.50. The molecule has 0 bridgehead atoms. The second-order valence-electron chi connectivity index (χ2n) is 6.08. The fraction of sp³-hybridized carbons (Fsp3) is 0.316. The molecule has 0 spiro atoms. The number of benzene rings is 2. The van der Waals surface area contributed by atoms with E-state index < -0.39 is 10.0 Å². The number of ether oxygens (including phenoxy) is 2. The van der Waals surface area contributed by atoms with Crippen molar-refractivity contribution in [3.63, 3.8) is 0 Å². The number of sulfonamides is 1. The SMILES string of the molecule is COc1ccc(S(=O)(=O)N2CCN(C(=O)c3ccccc3)CC2)cc1OC. The Kier molecular flexibility index (Phi) is 5.67. The van der Waals surface area contributed by atoms with Gasteiger partial charge in [-0.05, 0) is 24.3 Å². The van der Waals surface area contributed by atoms with E-state index in [1.807, 2.05) is 18.2 Å². The number of methoxy groups -OCH3 is 2. The Labute approximate surface area is 159 Å². The first-order chi connectivity index (χ1) is 13.0. The zero-order valence-electron chi connectivity index (χ0n) is 15.3. The molecule has 8 heteroatoms. The Morgan fingerprint density at radius 1 is 0.889 bits per heavy atom. The van der Waals surface area contributed by atoms with Crippen molar-refractivity contribution >= 4 is 15.9 Å². The minimum atomic E-state index is -3.67. The van der Waals surface area contributed by atoms with Gasteiger partial charge in [-0.25, -0.2) is 8.42 Å². The highest BCUT2D eigenvalue weighted by Crippen LogP contribution is 2.30. The van der Waals surface area contributed by atoms with Gasteiger partial charge in [0.25, 0.3) is 5.91 Å². The predicted octanol–water partition coefficient (Wildman–Crippen LogP) is 1.85. The zero-order chi connectivity index (χ0) is 19.4. The van der Waals surface area contributed by atoms with Gasteiger partial charge in [0, 0.05) is 37.8 Å². The maximum absolute atomic E-state index is 12.9. The van der Waals surface area contributed by atoms with Gasteiger partial charge >= 0.3 is 0 Å². The highest BCUT2D eigenvalue weighted by atomic mass is 32.2. The quantitative estimate of drug-likeness (QED) is 0.779. The molecule has 0 saturated carbocycles. The fourth-order valence-corrected chi connectivity index (χ4v) is 4.46. The van der Waals surface area contributed by atoms with Crippen molar-refractivity contribution < 1.29 is 22.7 Å². The molecule has 0 N–H and O–H groups in total. The number of rotatable bonds is 5. The summed E-state index contributed by atoms with van der Waals surface area (Å²) in [6, 6.07) is 13.5. The molecular formula is C19H22N2O5S. The molecule has 1 heterocycles. The molecule has 1 saturated heterocycles. The number of carbonyl (C=O) groups excluding carboxylic acids is 1. The van der Waals surface area contributed by atoms with Gasteiger partial charge in [0.1, 0.15) is 0 Å². The summed E-state index contributed by atoms with van der Waals surface area (Å²) in [6.07, 6.45) is 0. The third kappa shape index (κ3) is 3.91. The number of nitrogens with zero attached hydrogens (tertiary/aromatic N) is 2. The number of amides is 1. The molecule has 7 nitrogen and oxygen atoms in total. The maximum Gasteiger partial charge on any atom is 0.253 e. The van der Waals surface area contributed by atoms with E-state index in [1.165, 1.54) is 30.7 Å². The summed E-state index contributed by atoms with van der Waals surface area (Å²) in [5.41, 5.74) is 0.605. The summed E-state index contributed by atoms with van der Waals surface area (Å²) in [5.74, 6) is 0.741. The van der Waals surface area contributed by atoms with Crippen LogP contribution >= 0.6 is 0 Å². The molecule has 0 atom stereocenters. The van der Waals surface area contributed by atoms with Gasteiger partial charge in [-0.3, -0.25) is 4.79 Å². The smallest absolute Gasteiger partial charge is 0.253 e. The van der Waals surface area contributed by atoms with E-state index in [-0.39, 0.29) is 23.9 Å². The second kappa shape index (κ2) is 7.98. The van der Waals surface area contributed by atoms with Crippen LogP contribution in [0.15, 0.2) is 53.4 Å². The Morgan fingerprint density at radius 2 is 1.52 bits per heavy atom. The van der Waals surface area contributed by atoms with Crippen molar-refractivity contribution in [1.29, 1.82) is 0 Å². The Hall–Kier alpha value is -2.58. The molecule has 3 rings (SSSR count). The highest BCUT2D eigenvalue weighted by molar-refractivity contribution is 7.89. The van der Waals surface area contributed by atoms with E-state index in [4.69, 9.17) is 9.47 Å². The van der Waals surface area contributed by atoms with E-state index in [1.54, 1.807) is 23.1 Å². The molecule has 2 aromatic rings. The molecule has 0 unspecified atom stereocenters. The molecular weight excluding hydrogens is 368 g/mol.